The lowest BCUT2D eigenvalue weighted by Gasteiger charge is -2.13. The zero-order valence-corrected chi connectivity index (χ0v) is 22.3. The monoisotopic (exact) mass is 549 g/mol. The maximum absolute atomic E-state index is 13.2. The first-order valence-corrected chi connectivity index (χ1v) is 12.6. The molecule has 202 valence electrons. The van der Waals surface area contributed by atoms with Crippen molar-refractivity contribution in [3.05, 3.63) is 116 Å². The van der Waals surface area contributed by atoms with Crippen LogP contribution in [0.1, 0.15) is 24.5 Å². The highest BCUT2D eigenvalue weighted by molar-refractivity contribution is 6.30. The minimum Gasteiger partial charge on any atom is -0.469 e. The van der Waals surface area contributed by atoms with Crippen LogP contribution in [0.15, 0.2) is 87.4 Å². The number of hydrogen-bond donors (Lipinski definition) is 1. The van der Waals surface area contributed by atoms with Crippen LogP contribution >= 0.6 is 11.6 Å². The van der Waals surface area contributed by atoms with E-state index in [0.717, 1.165) is 20.4 Å². The molecule has 1 heterocycles. The van der Waals surface area contributed by atoms with E-state index in [2.05, 4.69) is 4.99 Å². The number of ether oxygens (including phenoxy) is 2. The average Bonchev–Trinajstić information content (AvgIpc) is 2.95. The third kappa shape index (κ3) is 6.66. The number of methoxy groups -OCH3 is 1. The fourth-order valence-corrected chi connectivity index (χ4v) is 4.03. The van der Waals surface area contributed by atoms with Gasteiger partial charge in [-0.2, -0.15) is 4.68 Å². The summed E-state index contributed by atoms with van der Waals surface area (Å²) in [7, 11) is 1.36. The minimum absolute atomic E-state index is 0.00312. The van der Waals surface area contributed by atoms with Gasteiger partial charge in [-0.1, -0.05) is 35.9 Å². The van der Waals surface area contributed by atoms with Gasteiger partial charge in [0, 0.05) is 18.0 Å². The molecular weight excluding hydrogens is 522 g/mol. The first-order valence-electron chi connectivity index (χ1n) is 12.2. The smallest absolute Gasteiger partial charge is 0.353 e. The summed E-state index contributed by atoms with van der Waals surface area (Å²) in [5.41, 5.74) is 1.00. The average molecular weight is 550 g/mol. The van der Waals surface area contributed by atoms with Gasteiger partial charge in [-0.15, -0.1) is 0 Å². The second-order valence-electron chi connectivity index (χ2n) is 8.62. The lowest BCUT2D eigenvalue weighted by Crippen LogP contribution is -2.57. The lowest BCUT2D eigenvalue weighted by molar-refractivity contribution is -0.140. The first kappa shape index (κ1) is 27.5. The summed E-state index contributed by atoms with van der Waals surface area (Å²) in [5.74, 6) is 7.00. The number of carbonyl (C=O) groups excluding carboxylic acids is 1. The third-order valence-corrected chi connectivity index (χ3v) is 6.22. The van der Waals surface area contributed by atoms with Crippen molar-refractivity contribution in [2.75, 3.05) is 13.0 Å². The molecule has 3 aromatic carbocycles. The van der Waals surface area contributed by atoms with E-state index in [9.17, 15) is 14.4 Å². The molecule has 0 atom stereocenters. The van der Waals surface area contributed by atoms with Gasteiger partial charge >= 0.3 is 17.3 Å². The van der Waals surface area contributed by atoms with Gasteiger partial charge in [0.15, 0.2) is 0 Å². The molecule has 0 fully saturated rings. The summed E-state index contributed by atoms with van der Waals surface area (Å²) in [6.07, 6.45) is 0.818. The van der Waals surface area contributed by atoms with Crippen LogP contribution in [0, 0.1) is 0 Å². The molecule has 4 aromatic rings. The van der Waals surface area contributed by atoms with Gasteiger partial charge in [0.1, 0.15) is 11.5 Å². The van der Waals surface area contributed by atoms with Gasteiger partial charge in [0.25, 0.3) is 0 Å². The van der Waals surface area contributed by atoms with E-state index in [4.69, 9.17) is 26.9 Å². The van der Waals surface area contributed by atoms with Gasteiger partial charge < -0.3 is 15.3 Å². The number of aromatic nitrogens is 3. The lowest BCUT2D eigenvalue weighted by atomic mass is 10.1. The van der Waals surface area contributed by atoms with E-state index in [0.29, 0.717) is 28.6 Å². The Hall–Kier alpha value is -4.57. The first-order chi connectivity index (χ1) is 18.8. The Morgan fingerprint density at radius 1 is 0.923 bits per heavy atom. The van der Waals surface area contributed by atoms with E-state index in [1.807, 2.05) is 24.3 Å². The molecule has 11 heteroatoms. The summed E-state index contributed by atoms with van der Waals surface area (Å²) < 4.78 is 13.9. The fourth-order valence-electron chi connectivity index (χ4n) is 3.91. The van der Waals surface area contributed by atoms with E-state index in [1.165, 1.54) is 11.7 Å². The van der Waals surface area contributed by atoms with Crippen LogP contribution in [0.4, 0.5) is 5.69 Å². The Labute approximate surface area is 229 Å². The van der Waals surface area contributed by atoms with E-state index in [-0.39, 0.29) is 31.1 Å². The molecule has 0 bridgehead atoms. The van der Waals surface area contributed by atoms with Gasteiger partial charge in [-0.25, -0.2) is 19.1 Å². The number of carbonyl (C=O) groups is 1. The van der Waals surface area contributed by atoms with Crippen molar-refractivity contribution in [1.29, 1.82) is 0 Å². The van der Waals surface area contributed by atoms with Crippen LogP contribution in [0.2, 0.25) is 5.02 Å². The van der Waals surface area contributed by atoms with Crippen molar-refractivity contribution >= 4 is 23.3 Å². The summed E-state index contributed by atoms with van der Waals surface area (Å²) in [4.78, 5) is 41.8. The Morgan fingerprint density at radius 2 is 1.64 bits per heavy atom. The number of esters is 1. The fraction of sp³-hybridized carbons (Fsp3) is 0.214. The molecule has 10 nitrogen and oxygen atoms in total. The number of aryl methyl sites for hydroxylation is 1. The quantitative estimate of drug-likeness (QED) is 0.252. The topological polar surface area (TPSA) is 123 Å². The highest BCUT2D eigenvalue weighted by Gasteiger charge is 2.13. The van der Waals surface area contributed by atoms with Crippen molar-refractivity contribution in [2.45, 2.75) is 32.9 Å². The minimum atomic E-state index is -0.666. The van der Waals surface area contributed by atoms with Crippen molar-refractivity contribution < 1.29 is 14.3 Å². The predicted molar refractivity (Wildman–Crippen MR) is 148 cm³/mol. The summed E-state index contributed by atoms with van der Waals surface area (Å²) in [6.45, 7) is 1.99. The predicted octanol–water partition coefficient (Wildman–Crippen LogP) is 3.38. The number of halogens is 1. The molecule has 0 aliphatic carbocycles. The SMILES string of the molecule is CCn1c(=O)n(N)c(=Nc2ccc(Oc3cccc(CCC(=O)OC)c3)cc2)n(Cc2ccc(Cl)cc2)c1=O. The molecule has 0 aliphatic heterocycles. The largest absolute Gasteiger partial charge is 0.469 e. The molecule has 0 aliphatic rings. The number of rotatable bonds is 9. The van der Waals surface area contributed by atoms with Gasteiger partial charge in [0.2, 0.25) is 5.62 Å². The molecule has 0 saturated carbocycles. The van der Waals surface area contributed by atoms with E-state index >= 15 is 0 Å². The number of nitrogens with zero attached hydrogens (tertiary/aromatic N) is 4. The van der Waals surface area contributed by atoms with Gasteiger partial charge in [-0.3, -0.25) is 9.36 Å². The zero-order valence-electron chi connectivity index (χ0n) is 21.5. The normalized spacial score (nSPS) is 11.4. The Bertz CT molecular complexity index is 1650. The zero-order chi connectivity index (χ0) is 27.9. The van der Waals surface area contributed by atoms with Crippen LogP contribution in [0.25, 0.3) is 0 Å². The molecule has 0 amide bonds. The molecule has 0 unspecified atom stereocenters. The molecule has 0 saturated heterocycles. The number of hydrogen-bond acceptors (Lipinski definition) is 7. The molecule has 4 rings (SSSR count). The summed E-state index contributed by atoms with van der Waals surface area (Å²) in [5, 5.41) is 0.568. The Kier molecular flexibility index (Phi) is 8.67. The van der Waals surface area contributed by atoms with E-state index in [1.54, 1.807) is 55.5 Å². The molecular formula is C28H28ClN5O5. The summed E-state index contributed by atoms with van der Waals surface area (Å²) in [6, 6.07) is 21.3. The second kappa shape index (κ2) is 12.3. The highest BCUT2D eigenvalue weighted by Crippen LogP contribution is 2.25. The Morgan fingerprint density at radius 3 is 2.31 bits per heavy atom. The molecule has 1 aromatic heterocycles. The van der Waals surface area contributed by atoms with Crippen LogP contribution in [-0.2, 0) is 29.0 Å². The number of benzene rings is 3. The molecule has 0 radical (unpaired) electrons. The Balaban J connectivity index is 1.64. The van der Waals surface area contributed by atoms with Crippen LogP contribution < -0.4 is 27.6 Å². The molecule has 39 heavy (non-hydrogen) atoms. The van der Waals surface area contributed by atoms with Crippen LogP contribution in [-0.4, -0.2) is 26.9 Å². The standard InChI is InChI=1S/C28H28ClN5O5/c1-3-32-27(36)33(18-20-7-10-21(29)11-8-20)26(34(30)28(32)37)31-22-12-14-23(15-13-22)39-24-6-4-5-19(17-24)9-16-25(35)38-2/h4-8,10-15,17H,3,9,16,18,30H2,1-2H3. The molecule has 0 spiro atoms. The van der Waals surface area contributed by atoms with Gasteiger partial charge in [-0.05, 0) is 73.0 Å². The van der Waals surface area contributed by atoms with Gasteiger partial charge in [0.05, 0.1) is 19.3 Å². The van der Waals surface area contributed by atoms with Crippen molar-refractivity contribution in [1.82, 2.24) is 13.8 Å². The summed E-state index contributed by atoms with van der Waals surface area (Å²) >= 11 is 6.00. The third-order valence-electron chi connectivity index (χ3n) is 5.97. The van der Waals surface area contributed by atoms with Crippen LogP contribution in [0.5, 0.6) is 11.5 Å². The van der Waals surface area contributed by atoms with Crippen LogP contribution in [0.3, 0.4) is 0 Å². The van der Waals surface area contributed by atoms with Crippen molar-refractivity contribution in [2.24, 2.45) is 4.99 Å². The number of nitrogen functional groups attached to an aromatic ring is 1. The maximum Gasteiger partial charge on any atom is 0.353 e. The van der Waals surface area contributed by atoms with Crippen molar-refractivity contribution in [3.63, 3.8) is 0 Å². The second-order valence-corrected chi connectivity index (χ2v) is 9.06. The number of nitrogens with two attached hydrogens (primary N) is 1. The van der Waals surface area contributed by atoms with E-state index < -0.39 is 11.4 Å². The molecule has 2 N–H and O–H groups in total. The highest BCUT2D eigenvalue weighted by atomic mass is 35.5. The van der Waals surface area contributed by atoms with Crippen molar-refractivity contribution in [3.8, 4) is 11.5 Å². The maximum atomic E-state index is 13.2.